The molecule has 1 atom stereocenters. The van der Waals surface area contributed by atoms with Crippen LogP contribution in [0, 0.1) is 6.92 Å². The van der Waals surface area contributed by atoms with E-state index in [-0.39, 0.29) is 11.5 Å². The smallest absolute Gasteiger partial charge is 0.262 e. The number of aromatic nitrogens is 2. The molecule has 0 bridgehead atoms. The molecule has 3 rings (SSSR count). The molecule has 0 saturated carbocycles. The van der Waals surface area contributed by atoms with E-state index in [2.05, 4.69) is 16.9 Å². The number of benzene rings is 1. The molecule has 1 aromatic carbocycles. The summed E-state index contributed by atoms with van der Waals surface area (Å²) >= 11 is 0. The third-order valence-corrected chi connectivity index (χ3v) is 4.16. The summed E-state index contributed by atoms with van der Waals surface area (Å²) in [5.74, 6) is 0.471. The van der Waals surface area contributed by atoms with Gasteiger partial charge in [-0.1, -0.05) is 25.6 Å². The third kappa shape index (κ3) is 2.22. The minimum atomic E-state index is -0.510. The number of piperidine rings is 1. The number of carbonyl (C=O) groups is 1. The van der Waals surface area contributed by atoms with Crippen LogP contribution in [0.4, 0.5) is 0 Å². The Bertz CT molecular complexity index is 836. The molecule has 1 fully saturated rings. The van der Waals surface area contributed by atoms with E-state index < -0.39 is 6.04 Å². The van der Waals surface area contributed by atoms with Gasteiger partial charge in [0, 0.05) is 12.1 Å². The summed E-state index contributed by atoms with van der Waals surface area (Å²) < 4.78 is 1.57. The number of fused-ring (bicyclic) bond motifs is 1. The molecule has 2 aromatic rings. The third-order valence-electron chi connectivity index (χ3n) is 4.16. The standard InChI is InChI=1S/C17H19N3O2/c1-4-14-19-12-7-5-6-10(2)15(12)17(22)20(14)13-9-8-11(3)18-16(13)21/h5-7,13H,3-4,8-9H2,1-2H3,(H,18,21). The summed E-state index contributed by atoms with van der Waals surface area (Å²) in [7, 11) is 0. The SMILES string of the molecule is C=C1CCC(n2c(CC)nc3cccc(C)c3c2=O)C(=O)N1. The van der Waals surface area contributed by atoms with Crippen molar-refractivity contribution in [1.29, 1.82) is 0 Å². The first-order valence-corrected chi connectivity index (χ1v) is 7.52. The van der Waals surface area contributed by atoms with Gasteiger partial charge in [0.05, 0.1) is 10.9 Å². The molecule has 5 nitrogen and oxygen atoms in total. The second-order valence-electron chi connectivity index (χ2n) is 5.67. The van der Waals surface area contributed by atoms with Crippen LogP contribution < -0.4 is 10.9 Å². The number of amides is 1. The maximum Gasteiger partial charge on any atom is 0.262 e. The topological polar surface area (TPSA) is 64.0 Å². The molecule has 114 valence electrons. The van der Waals surface area contributed by atoms with Crippen LogP contribution in [-0.4, -0.2) is 15.5 Å². The summed E-state index contributed by atoms with van der Waals surface area (Å²) in [6, 6.07) is 5.12. The van der Waals surface area contributed by atoms with Crippen molar-refractivity contribution in [2.24, 2.45) is 0 Å². The van der Waals surface area contributed by atoms with E-state index in [9.17, 15) is 9.59 Å². The van der Waals surface area contributed by atoms with E-state index in [1.807, 2.05) is 32.0 Å². The van der Waals surface area contributed by atoms with E-state index in [0.29, 0.717) is 41.7 Å². The van der Waals surface area contributed by atoms with Crippen molar-refractivity contribution in [3.63, 3.8) is 0 Å². The molecule has 22 heavy (non-hydrogen) atoms. The first-order chi connectivity index (χ1) is 10.5. The van der Waals surface area contributed by atoms with E-state index in [4.69, 9.17) is 0 Å². The largest absolute Gasteiger partial charge is 0.329 e. The highest BCUT2D eigenvalue weighted by atomic mass is 16.2. The molecule has 1 aliphatic rings. The summed E-state index contributed by atoms with van der Waals surface area (Å²) in [6.07, 6.45) is 1.86. The quantitative estimate of drug-likeness (QED) is 0.924. The van der Waals surface area contributed by atoms with E-state index >= 15 is 0 Å². The maximum absolute atomic E-state index is 13.0. The van der Waals surface area contributed by atoms with Crippen LogP contribution in [0.25, 0.3) is 10.9 Å². The fraction of sp³-hybridized carbons (Fsp3) is 0.353. The predicted octanol–water partition coefficient (Wildman–Crippen LogP) is 2.23. The van der Waals surface area contributed by atoms with Gasteiger partial charge in [-0.15, -0.1) is 0 Å². The van der Waals surface area contributed by atoms with Crippen LogP contribution in [0.2, 0.25) is 0 Å². The molecule has 0 aliphatic carbocycles. The van der Waals surface area contributed by atoms with Gasteiger partial charge in [0.15, 0.2) is 0 Å². The highest BCUT2D eigenvalue weighted by Gasteiger charge is 2.29. The lowest BCUT2D eigenvalue weighted by atomic mass is 10.0. The number of hydrogen-bond donors (Lipinski definition) is 1. The Morgan fingerprint density at radius 3 is 2.86 bits per heavy atom. The first-order valence-electron chi connectivity index (χ1n) is 7.52. The Kier molecular flexibility index (Phi) is 3.56. The number of nitrogens with one attached hydrogen (secondary N) is 1. The highest BCUT2D eigenvalue weighted by Crippen LogP contribution is 2.23. The van der Waals surface area contributed by atoms with Crippen molar-refractivity contribution in [3.8, 4) is 0 Å². The monoisotopic (exact) mass is 297 g/mol. The molecule has 1 amide bonds. The van der Waals surface area contributed by atoms with Crippen LogP contribution in [0.3, 0.4) is 0 Å². The summed E-state index contributed by atoms with van der Waals surface area (Å²) in [6.45, 7) is 7.62. The lowest BCUT2D eigenvalue weighted by molar-refractivity contribution is -0.124. The van der Waals surface area contributed by atoms with Crippen molar-refractivity contribution in [2.45, 2.75) is 39.2 Å². The normalized spacial score (nSPS) is 18.5. The van der Waals surface area contributed by atoms with Gasteiger partial charge in [0.2, 0.25) is 5.91 Å². The Hall–Kier alpha value is -2.43. The van der Waals surface area contributed by atoms with Gasteiger partial charge in [0.25, 0.3) is 5.56 Å². The Morgan fingerprint density at radius 2 is 2.18 bits per heavy atom. The number of aryl methyl sites for hydroxylation is 2. The number of rotatable bonds is 2. The fourth-order valence-corrected chi connectivity index (χ4v) is 3.03. The van der Waals surface area contributed by atoms with Gasteiger partial charge in [0.1, 0.15) is 11.9 Å². The van der Waals surface area contributed by atoms with Crippen LogP contribution in [0.15, 0.2) is 35.3 Å². The molecule has 1 unspecified atom stereocenters. The zero-order valence-corrected chi connectivity index (χ0v) is 12.8. The molecule has 1 aliphatic heterocycles. The molecule has 1 saturated heterocycles. The molecule has 5 heteroatoms. The second-order valence-corrected chi connectivity index (χ2v) is 5.67. The number of nitrogens with zero attached hydrogens (tertiary/aromatic N) is 2. The average molecular weight is 297 g/mol. The van der Waals surface area contributed by atoms with Gasteiger partial charge in [-0.05, 0) is 31.4 Å². The van der Waals surface area contributed by atoms with E-state index in [1.165, 1.54) is 0 Å². The van der Waals surface area contributed by atoms with E-state index in [1.54, 1.807) is 4.57 Å². The number of carbonyl (C=O) groups excluding carboxylic acids is 1. The fourth-order valence-electron chi connectivity index (χ4n) is 3.03. The zero-order valence-electron chi connectivity index (χ0n) is 12.8. The van der Waals surface area contributed by atoms with Gasteiger partial charge in [-0.2, -0.15) is 0 Å². The van der Waals surface area contributed by atoms with Crippen LogP contribution in [0.5, 0.6) is 0 Å². The lowest BCUT2D eigenvalue weighted by Crippen LogP contribution is -2.42. The van der Waals surface area contributed by atoms with E-state index in [0.717, 1.165) is 5.56 Å². The lowest BCUT2D eigenvalue weighted by Gasteiger charge is -2.27. The van der Waals surface area contributed by atoms with Gasteiger partial charge in [-0.3, -0.25) is 14.2 Å². The van der Waals surface area contributed by atoms with Gasteiger partial charge < -0.3 is 5.32 Å². The highest BCUT2D eigenvalue weighted by molar-refractivity contribution is 5.85. The predicted molar refractivity (Wildman–Crippen MR) is 85.7 cm³/mol. The second kappa shape index (κ2) is 5.40. The van der Waals surface area contributed by atoms with Crippen LogP contribution in [0.1, 0.15) is 37.2 Å². The maximum atomic E-state index is 13.0. The number of hydrogen-bond acceptors (Lipinski definition) is 3. The summed E-state index contributed by atoms with van der Waals surface area (Å²) in [5.41, 5.74) is 2.15. The molecular formula is C17H19N3O2. The van der Waals surface area contributed by atoms with Crippen molar-refractivity contribution in [3.05, 3.63) is 52.2 Å². The molecule has 2 heterocycles. The van der Waals surface area contributed by atoms with Crippen molar-refractivity contribution in [2.75, 3.05) is 0 Å². The molecule has 1 aromatic heterocycles. The first kappa shape index (κ1) is 14.5. The van der Waals surface area contributed by atoms with Gasteiger partial charge >= 0.3 is 0 Å². The minimum absolute atomic E-state index is 0.132. The summed E-state index contributed by atoms with van der Waals surface area (Å²) in [4.78, 5) is 29.9. The zero-order chi connectivity index (χ0) is 15.9. The molecule has 1 N–H and O–H groups in total. The average Bonchev–Trinajstić information content (AvgIpc) is 2.48. The Labute approximate surface area is 128 Å². The van der Waals surface area contributed by atoms with Crippen molar-refractivity contribution >= 4 is 16.8 Å². The number of allylic oxidation sites excluding steroid dienone is 1. The van der Waals surface area contributed by atoms with Gasteiger partial charge in [-0.25, -0.2) is 4.98 Å². The Balaban J connectivity index is 2.26. The Morgan fingerprint density at radius 1 is 1.41 bits per heavy atom. The van der Waals surface area contributed by atoms with Crippen LogP contribution >= 0.6 is 0 Å². The van der Waals surface area contributed by atoms with Crippen LogP contribution in [-0.2, 0) is 11.2 Å². The van der Waals surface area contributed by atoms with Crippen molar-refractivity contribution < 1.29 is 4.79 Å². The minimum Gasteiger partial charge on any atom is -0.329 e. The molecule has 0 radical (unpaired) electrons. The summed E-state index contributed by atoms with van der Waals surface area (Å²) in [5, 5.41) is 3.34. The van der Waals surface area contributed by atoms with Crippen molar-refractivity contribution in [1.82, 2.24) is 14.9 Å². The molecular weight excluding hydrogens is 278 g/mol. The molecule has 0 spiro atoms.